The van der Waals surface area contributed by atoms with Gasteiger partial charge in [-0.1, -0.05) is 0 Å². The van der Waals surface area contributed by atoms with Crippen LogP contribution in [0.2, 0.25) is 0 Å². The summed E-state index contributed by atoms with van der Waals surface area (Å²) in [5.41, 5.74) is 2.74. The molecular weight excluding hydrogens is 401 g/mol. The second-order valence-corrected chi connectivity index (χ2v) is 8.76. The maximum absolute atomic E-state index is 13.5. The highest BCUT2D eigenvalue weighted by molar-refractivity contribution is 5.84. The standard InChI is InChI=1S/C21H24FN7O2/c1-26-10-16(20(25-26)31-2)12-5-18-19(23-11-24-28(18)7-12)27-8-13-3-4-14(9-27)29(13)21(30)15-6-17(15)22/h5,7,10-11,13-15,17H,3-4,6,8-9H2,1-2H3/t13?,14?,15-,17-/m1/s1. The largest absolute Gasteiger partial charge is 0.479 e. The lowest BCUT2D eigenvalue weighted by Crippen LogP contribution is -2.56. The Balaban J connectivity index is 1.32. The lowest BCUT2D eigenvalue weighted by molar-refractivity contribution is -0.136. The first-order valence-electron chi connectivity index (χ1n) is 10.7. The Morgan fingerprint density at radius 2 is 1.97 bits per heavy atom. The van der Waals surface area contributed by atoms with E-state index in [9.17, 15) is 9.18 Å². The summed E-state index contributed by atoms with van der Waals surface area (Å²) in [5.74, 6) is 0.997. The molecule has 10 heteroatoms. The minimum atomic E-state index is -0.949. The van der Waals surface area contributed by atoms with Crippen LogP contribution in [-0.4, -0.2) is 73.6 Å². The van der Waals surface area contributed by atoms with Gasteiger partial charge in [-0.05, 0) is 25.3 Å². The first-order valence-corrected chi connectivity index (χ1v) is 10.7. The topological polar surface area (TPSA) is 80.8 Å². The van der Waals surface area contributed by atoms with Crippen molar-refractivity contribution in [2.24, 2.45) is 13.0 Å². The van der Waals surface area contributed by atoms with Crippen molar-refractivity contribution in [2.45, 2.75) is 37.5 Å². The molecule has 31 heavy (non-hydrogen) atoms. The summed E-state index contributed by atoms with van der Waals surface area (Å²) in [6.07, 6.45) is 6.77. The predicted molar refractivity (Wildman–Crippen MR) is 111 cm³/mol. The number of halogens is 1. The molecule has 6 rings (SSSR count). The van der Waals surface area contributed by atoms with Crippen LogP contribution in [0.25, 0.3) is 16.6 Å². The molecule has 2 unspecified atom stereocenters. The van der Waals surface area contributed by atoms with E-state index < -0.39 is 12.1 Å². The van der Waals surface area contributed by atoms with Crippen molar-refractivity contribution >= 4 is 17.2 Å². The molecule has 0 radical (unpaired) electrons. The number of nitrogens with zero attached hydrogens (tertiary/aromatic N) is 7. The fourth-order valence-corrected chi connectivity index (χ4v) is 5.17. The van der Waals surface area contributed by atoms with Crippen molar-refractivity contribution in [3.8, 4) is 17.0 Å². The molecule has 9 nitrogen and oxygen atoms in total. The van der Waals surface area contributed by atoms with Crippen LogP contribution in [-0.2, 0) is 11.8 Å². The molecule has 2 aliphatic heterocycles. The zero-order valence-electron chi connectivity index (χ0n) is 17.5. The molecule has 4 atom stereocenters. The molecule has 0 aromatic carbocycles. The van der Waals surface area contributed by atoms with Crippen molar-refractivity contribution in [2.75, 3.05) is 25.1 Å². The Bertz CT molecular complexity index is 1160. The number of amides is 1. The summed E-state index contributed by atoms with van der Waals surface area (Å²) >= 11 is 0. The smallest absolute Gasteiger partial charge is 0.240 e. The number of aromatic nitrogens is 5. The summed E-state index contributed by atoms with van der Waals surface area (Å²) in [6, 6.07) is 2.27. The third kappa shape index (κ3) is 2.88. The number of fused-ring (bicyclic) bond motifs is 3. The summed E-state index contributed by atoms with van der Waals surface area (Å²) in [7, 11) is 3.46. The number of rotatable bonds is 4. The number of carbonyl (C=O) groups excluding carboxylic acids is 1. The van der Waals surface area contributed by atoms with Crippen molar-refractivity contribution in [3.63, 3.8) is 0 Å². The second kappa shape index (κ2) is 6.66. The molecule has 2 bridgehead atoms. The Morgan fingerprint density at radius 1 is 1.23 bits per heavy atom. The third-order valence-corrected chi connectivity index (χ3v) is 6.75. The highest BCUT2D eigenvalue weighted by Crippen LogP contribution is 2.41. The number of ether oxygens (including phenoxy) is 1. The number of aryl methyl sites for hydroxylation is 1. The van der Waals surface area contributed by atoms with Crippen LogP contribution >= 0.6 is 0 Å². The zero-order chi connectivity index (χ0) is 21.3. The van der Waals surface area contributed by atoms with Gasteiger partial charge in [-0.3, -0.25) is 9.48 Å². The van der Waals surface area contributed by atoms with Gasteiger partial charge in [-0.2, -0.15) is 5.10 Å². The molecule has 0 N–H and O–H groups in total. The molecule has 2 saturated heterocycles. The van der Waals surface area contributed by atoms with Crippen molar-refractivity contribution in [1.82, 2.24) is 29.3 Å². The zero-order valence-corrected chi connectivity index (χ0v) is 17.5. The lowest BCUT2D eigenvalue weighted by atomic mass is 10.1. The number of hydrogen-bond acceptors (Lipinski definition) is 6. The second-order valence-electron chi connectivity index (χ2n) is 8.76. The van der Waals surface area contributed by atoms with Gasteiger partial charge in [0.1, 0.15) is 18.0 Å². The highest BCUT2D eigenvalue weighted by atomic mass is 19.1. The van der Waals surface area contributed by atoms with Gasteiger partial charge in [0.2, 0.25) is 11.8 Å². The van der Waals surface area contributed by atoms with Gasteiger partial charge in [0.25, 0.3) is 0 Å². The van der Waals surface area contributed by atoms with E-state index >= 15 is 0 Å². The van der Waals surface area contributed by atoms with Crippen LogP contribution in [0.3, 0.4) is 0 Å². The molecule has 3 aromatic rings. The number of alkyl halides is 1. The van der Waals surface area contributed by atoms with Gasteiger partial charge in [-0.15, -0.1) is 5.10 Å². The maximum Gasteiger partial charge on any atom is 0.240 e. The molecule has 162 valence electrons. The molecule has 3 aliphatic rings. The summed E-state index contributed by atoms with van der Waals surface area (Å²) in [5, 5.41) is 8.73. The first kappa shape index (κ1) is 18.6. The van der Waals surface area contributed by atoms with Crippen LogP contribution in [0.1, 0.15) is 19.3 Å². The fraction of sp³-hybridized carbons (Fsp3) is 0.524. The summed E-state index contributed by atoms with van der Waals surface area (Å²) in [6.45, 7) is 1.41. The minimum absolute atomic E-state index is 0.00105. The normalized spacial score (nSPS) is 27.2. The molecular formula is C21H24FN7O2. The van der Waals surface area contributed by atoms with E-state index in [2.05, 4.69) is 20.1 Å². The van der Waals surface area contributed by atoms with E-state index in [0.717, 1.165) is 35.3 Å². The van der Waals surface area contributed by atoms with E-state index in [0.29, 0.717) is 25.4 Å². The van der Waals surface area contributed by atoms with E-state index in [1.165, 1.54) is 0 Å². The van der Waals surface area contributed by atoms with Crippen molar-refractivity contribution in [1.29, 1.82) is 0 Å². The van der Waals surface area contributed by atoms with Crippen LogP contribution in [0.4, 0.5) is 10.2 Å². The van der Waals surface area contributed by atoms with Gasteiger partial charge < -0.3 is 14.5 Å². The van der Waals surface area contributed by atoms with Crippen LogP contribution in [0.15, 0.2) is 24.8 Å². The number of piperazine rings is 1. The van der Waals surface area contributed by atoms with Gasteiger partial charge in [0.05, 0.1) is 18.6 Å². The van der Waals surface area contributed by atoms with Crippen LogP contribution in [0.5, 0.6) is 5.88 Å². The average Bonchev–Trinajstić information content (AvgIpc) is 3.08. The Hall–Kier alpha value is -3.17. The Morgan fingerprint density at radius 3 is 2.65 bits per heavy atom. The van der Waals surface area contributed by atoms with E-state index in [4.69, 9.17) is 4.74 Å². The molecule has 5 heterocycles. The van der Waals surface area contributed by atoms with Crippen LogP contribution in [0, 0.1) is 5.92 Å². The van der Waals surface area contributed by atoms with Gasteiger partial charge in [0, 0.05) is 50.2 Å². The molecule has 0 spiro atoms. The van der Waals surface area contributed by atoms with Gasteiger partial charge in [-0.25, -0.2) is 13.9 Å². The van der Waals surface area contributed by atoms with Gasteiger partial charge >= 0.3 is 0 Å². The maximum atomic E-state index is 13.5. The van der Waals surface area contributed by atoms with Crippen LogP contribution < -0.4 is 9.64 Å². The van der Waals surface area contributed by atoms with Crippen molar-refractivity contribution in [3.05, 3.63) is 24.8 Å². The monoisotopic (exact) mass is 425 g/mol. The molecule has 1 saturated carbocycles. The number of methoxy groups -OCH3 is 1. The third-order valence-electron chi connectivity index (χ3n) is 6.75. The molecule has 3 aromatic heterocycles. The van der Waals surface area contributed by atoms with E-state index in [1.54, 1.807) is 18.1 Å². The summed E-state index contributed by atoms with van der Waals surface area (Å²) < 4.78 is 22.4. The first-order chi connectivity index (χ1) is 15.0. The summed E-state index contributed by atoms with van der Waals surface area (Å²) in [4.78, 5) is 21.5. The quantitative estimate of drug-likeness (QED) is 0.633. The highest BCUT2D eigenvalue weighted by Gasteiger charge is 2.51. The molecule has 3 fully saturated rings. The molecule has 1 aliphatic carbocycles. The minimum Gasteiger partial charge on any atom is -0.479 e. The number of hydrogen-bond donors (Lipinski definition) is 0. The number of carbonyl (C=O) groups is 1. The van der Waals surface area contributed by atoms with E-state index in [1.807, 2.05) is 34.9 Å². The fourth-order valence-electron chi connectivity index (χ4n) is 5.17. The van der Waals surface area contributed by atoms with E-state index in [-0.39, 0.29) is 18.0 Å². The Labute approximate surface area is 178 Å². The SMILES string of the molecule is COc1nn(C)cc1-c1cc2c(N3CC4CCC(C3)N4C(=O)[C@@H]3C[C@H]3F)ncnn2c1. The number of anilines is 1. The average molecular weight is 425 g/mol. The van der Waals surface area contributed by atoms with Crippen molar-refractivity contribution < 1.29 is 13.9 Å². The van der Waals surface area contributed by atoms with Gasteiger partial charge in [0.15, 0.2) is 5.82 Å². The Kier molecular flexibility index (Phi) is 4.00. The lowest BCUT2D eigenvalue weighted by Gasteiger charge is -2.41. The molecule has 1 amide bonds. The predicted octanol–water partition coefficient (Wildman–Crippen LogP) is 1.68.